The molecule has 2 aromatic heterocycles. The molecule has 1 atom stereocenters. The van der Waals surface area contributed by atoms with E-state index in [1.807, 2.05) is 31.2 Å². The molecule has 0 aliphatic heterocycles. The predicted molar refractivity (Wildman–Crippen MR) is 84.2 cm³/mol. The Kier molecular flexibility index (Phi) is 3.61. The van der Waals surface area contributed by atoms with Gasteiger partial charge in [-0.15, -0.1) is 11.6 Å². The topological polar surface area (TPSA) is 31.0 Å². The third kappa shape index (κ3) is 2.27. The number of alkyl halides is 1. The van der Waals surface area contributed by atoms with Gasteiger partial charge in [-0.3, -0.25) is 0 Å². The fourth-order valence-electron chi connectivity index (χ4n) is 2.45. The van der Waals surface area contributed by atoms with Crippen LogP contribution in [0.25, 0.3) is 11.0 Å². The van der Waals surface area contributed by atoms with Crippen molar-refractivity contribution in [1.29, 1.82) is 0 Å². The Labute approximate surface area is 130 Å². The second-order valence-corrected chi connectivity index (χ2v) is 5.97. The highest BCUT2D eigenvalue weighted by Crippen LogP contribution is 2.29. The summed E-state index contributed by atoms with van der Waals surface area (Å²) >= 11 is 9.53. The Balaban J connectivity index is 2.18. The van der Waals surface area contributed by atoms with E-state index in [0.717, 1.165) is 32.9 Å². The molecular weight excluding hydrogens is 340 g/mol. The zero-order valence-electron chi connectivity index (χ0n) is 11.2. The smallest absolute Gasteiger partial charge is 0.126 e. The number of furan rings is 1. The molecule has 3 nitrogen and oxygen atoms in total. The first kappa shape index (κ1) is 13.7. The first-order valence-electron chi connectivity index (χ1n) is 6.39. The number of hydrogen-bond donors (Lipinski definition) is 0. The molecule has 0 spiro atoms. The Bertz CT molecular complexity index is 762. The number of nitrogens with zero attached hydrogens (tertiary/aromatic N) is 2. The van der Waals surface area contributed by atoms with E-state index in [-0.39, 0.29) is 6.04 Å². The van der Waals surface area contributed by atoms with E-state index in [1.54, 1.807) is 0 Å². The summed E-state index contributed by atoms with van der Waals surface area (Å²) in [4.78, 5) is 4.60. The van der Waals surface area contributed by atoms with Gasteiger partial charge in [0.1, 0.15) is 17.3 Å². The van der Waals surface area contributed by atoms with Crippen molar-refractivity contribution in [1.82, 2.24) is 9.55 Å². The molecule has 0 saturated carbocycles. The van der Waals surface area contributed by atoms with E-state index in [1.165, 1.54) is 0 Å². The molecule has 104 valence electrons. The van der Waals surface area contributed by atoms with Crippen molar-refractivity contribution in [3.8, 4) is 0 Å². The molecule has 0 bridgehead atoms. The summed E-state index contributed by atoms with van der Waals surface area (Å²) in [6.07, 6.45) is 0. The van der Waals surface area contributed by atoms with Crippen molar-refractivity contribution < 1.29 is 4.42 Å². The van der Waals surface area contributed by atoms with Crippen molar-refractivity contribution in [3.63, 3.8) is 0 Å². The van der Waals surface area contributed by atoms with Crippen LogP contribution in [-0.2, 0) is 5.88 Å². The lowest BCUT2D eigenvalue weighted by molar-refractivity contribution is 0.429. The lowest BCUT2D eigenvalue weighted by Gasteiger charge is -2.14. The third-order valence-corrected chi connectivity index (χ3v) is 4.14. The van der Waals surface area contributed by atoms with Crippen molar-refractivity contribution in [2.45, 2.75) is 25.8 Å². The molecule has 0 aliphatic rings. The first-order valence-corrected chi connectivity index (χ1v) is 7.71. The lowest BCUT2D eigenvalue weighted by atomic mass is 10.2. The van der Waals surface area contributed by atoms with Gasteiger partial charge in [-0.25, -0.2) is 4.98 Å². The van der Waals surface area contributed by atoms with Crippen LogP contribution in [0.15, 0.2) is 39.2 Å². The van der Waals surface area contributed by atoms with E-state index in [9.17, 15) is 0 Å². The quantitative estimate of drug-likeness (QED) is 0.617. The van der Waals surface area contributed by atoms with Crippen LogP contribution in [-0.4, -0.2) is 9.55 Å². The highest BCUT2D eigenvalue weighted by molar-refractivity contribution is 9.10. The van der Waals surface area contributed by atoms with Crippen molar-refractivity contribution in [2.24, 2.45) is 0 Å². The van der Waals surface area contributed by atoms with Gasteiger partial charge in [-0.05, 0) is 44.2 Å². The van der Waals surface area contributed by atoms with E-state index in [0.29, 0.717) is 5.88 Å². The number of hydrogen-bond acceptors (Lipinski definition) is 2. The van der Waals surface area contributed by atoms with Crippen LogP contribution in [0, 0.1) is 6.92 Å². The second-order valence-electron chi connectivity index (χ2n) is 4.79. The van der Waals surface area contributed by atoms with E-state index in [4.69, 9.17) is 16.0 Å². The van der Waals surface area contributed by atoms with Gasteiger partial charge in [0.15, 0.2) is 0 Å². The summed E-state index contributed by atoms with van der Waals surface area (Å²) in [5, 5.41) is 0. The summed E-state index contributed by atoms with van der Waals surface area (Å²) in [7, 11) is 0. The molecule has 0 aliphatic carbocycles. The molecule has 0 N–H and O–H groups in total. The number of aromatic nitrogens is 2. The maximum atomic E-state index is 6.05. The second kappa shape index (κ2) is 5.26. The molecule has 3 rings (SSSR count). The largest absolute Gasteiger partial charge is 0.464 e. The van der Waals surface area contributed by atoms with Gasteiger partial charge in [0.25, 0.3) is 0 Å². The van der Waals surface area contributed by atoms with Crippen LogP contribution in [0.3, 0.4) is 0 Å². The molecule has 1 aromatic carbocycles. The van der Waals surface area contributed by atoms with Crippen LogP contribution in [0.1, 0.15) is 30.3 Å². The van der Waals surface area contributed by atoms with Gasteiger partial charge < -0.3 is 8.98 Å². The monoisotopic (exact) mass is 352 g/mol. The minimum atomic E-state index is 0.0589. The number of fused-ring (bicyclic) bond motifs is 1. The SMILES string of the molecule is Cc1ccc(C(C)n2c(CCl)nc3cc(Br)ccc32)o1. The molecule has 0 saturated heterocycles. The van der Waals surface area contributed by atoms with Crippen LogP contribution in [0.2, 0.25) is 0 Å². The number of aryl methyl sites for hydroxylation is 1. The first-order chi connectivity index (χ1) is 9.60. The Morgan fingerprint density at radius 2 is 2.15 bits per heavy atom. The summed E-state index contributed by atoms with van der Waals surface area (Å²) in [6, 6.07) is 10.1. The molecule has 20 heavy (non-hydrogen) atoms. The zero-order valence-corrected chi connectivity index (χ0v) is 13.6. The van der Waals surface area contributed by atoms with Gasteiger partial charge in [0.2, 0.25) is 0 Å². The molecule has 3 aromatic rings. The van der Waals surface area contributed by atoms with E-state index in [2.05, 4.69) is 38.5 Å². The van der Waals surface area contributed by atoms with Gasteiger partial charge in [0.05, 0.1) is 23.0 Å². The maximum absolute atomic E-state index is 6.05. The summed E-state index contributed by atoms with van der Waals surface area (Å²) in [5.74, 6) is 3.04. The normalized spacial score (nSPS) is 13.0. The van der Waals surface area contributed by atoms with E-state index < -0.39 is 0 Å². The van der Waals surface area contributed by atoms with Crippen LogP contribution < -0.4 is 0 Å². The Hall–Kier alpha value is -1.26. The molecule has 0 radical (unpaired) electrons. The summed E-state index contributed by atoms with van der Waals surface area (Å²) in [6.45, 7) is 4.04. The Morgan fingerprint density at radius 3 is 2.80 bits per heavy atom. The standard InChI is InChI=1S/C15H14BrClN2O/c1-9-3-6-14(20-9)10(2)19-13-5-4-11(16)7-12(13)18-15(19)8-17/h3-7,10H,8H2,1-2H3. The molecule has 0 fully saturated rings. The molecule has 1 unspecified atom stereocenters. The fourth-order valence-corrected chi connectivity index (χ4v) is 2.99. The van der Waals surface area contributed by atoms with Crippen molar-refractivity contribution >= 4 is 38.6 Å². The summed E-state index contributed by atoms with van der Waals surface area (Å²) in [5.41, 5.74) is 2.00. The minimum absolute atomic E-state index is 0.0589. The highest BCUT2D eigenvalue weighted by atomic mass is 79.9. The number of imidazole rings is 1. The van der Waals surface area contributed by atoms with Crippen LogP contribution in [0.4, 0.5) is 0 Å². The number of benzene rings is 1. The van der Waals surface area contributed by atoms with Gasteiger partial charge in [0, 0.05) is 4.47 Å². The lowest BCUT2D eigenvalue weighted by Crippen LogP contribution is -2.09. The Morgan fingerprint density at radius 1 is 1.35 bits per heavy atom. The summed E-state index contributed by atoms with van der Waals surface area (Å²) < 4.78 is 8.88. The van der Waals surface area contributed by atoms with E-state index >= 15 is 0 Å². The average molecular weight is 354 g/mol. The number of halogens is 2. The predicted octanol–water partition coefficient (Wildman–Crippen LogP) is 5.05. The van der Waals surface area contributed by atoms with Crippen molar-refractivity contribution in [2.75, 3.05) is 0 Å². The average Bonchev–Trinajstić information content (AvgIpc) is 3.00. The third-order valence-electron chi connectivity index (χ3n) is 3.40. The molecule has 0 amide bonds. The molecular formula is C15H14BrClN2O. The van der Waals surface area contributed by atoms with Gasteiger partial charge in [-0.2, -0.15) is 0 Å². The minimum Gasteiger partial charge on any atom is -0.464 e. The highest BCUT2D eigenvalue weighted by Gasteiger charge is 2.19. The zero-order chi connectivity index (χ0) is 14.3. The maximum Gasteiger partial charge on any atom is 0.126 e. The molecule has 5 heteroatoms. The number of rotatable bonds is 3. The van der Waals surface area contributed by atoms with Crippen molar-refractivity contribution in [3.05, 3.63) is 52.1 Å². The van der Waals surface area contributed by atoms with Gasteiger partial charge >= 0.3 is 0 Å². The van der Waals surface area contributed by atoms with Crippen LogP contribution in [0.5, 0.6) is 0 Å². The van der Waals surface area contributed by atoms with Crippen LogP contribution >= 0.6 is 27.5 Å². The van der Waals surface area contributed by atoms with Gasteiger partial charge in [-0.1, -0.05) is 15.9 Å². The molecule has 2 heterocycles. The fraction of sp³-hybridized carbons (Fsp3) is 0.267.